The van der Waals surface area contributed by atoms with Crippen molar-refractivity contribution in [3.8, 4) is 0 Å². The number of nitrogens with two attached hydrogens (primary N) is 1. The lowest BCUT2D eigenvalue weighted by Crippen LogP contribution is -2.59. The molecule has 0 amide bonds. The molecule has 0 radical (unpaired) electrons. The van der Waals surface area contributed by atoms with Crippen LogP contribution in [-0.2, 0) is 0 Å². The third-order valence-corrected chi connectivity index (χ3v) is 6.46. The van der Waals surface area contributed by atoms with E-state index in [-0.39, 0.29) is 5.41 Å². The number of hydrogen-bond acceptors (Lipinski definition) is 6. The van der Waals surface area contributed by atoms with Crippen molar-refractivity contribution in [1.29, 1.82) is 0 Å². The number of anilines is 3. The lowest BCUT2D eigenvalue weighted by Gasteiger charge is -2.56. The lowest BCUT2D eigenvalue weighted by molar-refractivity contribution is 0.0399. The molecule has 7 nitrogen and oxygen atoms in total. The highest BCUT2D eigenvalue weighted by Gasteiger charge is 2.49. The van der Waals surface area contributed by atoms with Crippen LogP contribution in [0.25, 0.3) is 0 Å². The van der Waals surface area contributed by atoms with Gasteiger partial charge in [-0.2, -0.15) is 10.1 Å². The average molecular weight is 353 g/mol. The maximum absolute atomic E-state index is 6.01. The standard InChI is InChI=1S/C19H27N7/c20-11-19-8-13(9-19)10-26(12-19)18-21-6-5-16(23-18)22-17-7-15(24-25-17)14-3-1-2-4-14/h5-7,13-14H,1-4,8-12,20H2,(H2,21,22,23,24,25). The van der Waals surface area contributed by atoms with E-state index in [0.717, 1.165) is 43.1 Å². The molecule has 4 fully saturated rings. The Kier molecular flexibility index (Phi) is 3.85. The van der Waals surface area contributed by atoms with Crippen LogP contribution in [0.15, 0.2) is 18.3 Å². The van der Waals surface area contributed by atoms with Crippen molar-refractivity contribution in [3.63, 3.8) is 0 Å². The third kappa shape index (κ3) is 2.84. The van der Waals surface area contributed by atoms with E-state index in [9.17, 15) is 0 Å². The summed E-state index contributed by atoms with van der Waals surface area (Å²) < 4.78 is 0. The number of fused-ring (bicyclic) bond motifs is 2. The Labute approximate surface area is 153 Å². The molecule has 2 bridgehead atoms. The second kappa shape index (κ2) is 6.23. The lowest BCUT2D eigenvalue weighted by atomic mass is 9.59. The Hall–Kier alpha value is -2.15. The van der Waals surface area contributed by atoms with Crippen LogP contribution in [0.5, 0.6) is 0 Å². The first-order valence-electron chi connectivity index (χ1n) is 9.83. The Morgan fingerprint density at radius 1 is 1.27 bits per heavy atom. The first-order valence-corrected chi connectivity index (χ1v) is 9.83. The highest BCUT2D eigenvalue weighted by Crippen LogP contribution is 2.50. The molecular formula is C19H27N7. The minimum Gasteiger partial charge on any atom is -0.340 e. The fourth-order valence-corrected chi connectivity index (χ4v) is 5.14. The normalized spacial score (nSPS) is 28.2. The summed E-state index contributed by atoms with van der Waals surface area (Å²) in [6, 6.07) is 4.02. The van der Waals surface area contributed by atoms with Crippen molar-refractivity contribution in [2.75, 3.05) is 29.9 Å². The van der Waals surface area contributed by atoms with Crippen molar-refractivity contribution < 1.29 is 0 Å². The molecule has 7 heteroatoms. The molecule has 2 saturated heterocycles. The molecule has 2 aromatic heterocycles. The summed E-state index contributed by atoms with van der Waals surface area (Å²) in [7, 11) is 0. The number of nitrogens with zero attached hydrogens (tertiary/aromatic N) is 4. The van der Waals surface area contributed by atoms with Crippen LogP contribution in [0.1, 0.15) is 50.1 Å². The van der Waals surface area contributed by atoms with E-state index in [4.69, 9.17) is 10.7 Å². The first-order chi connectivity index (χ1) is 12.7. The second-order valence-corrected chi connectivity index (χ2v) is 8.42. The van der Waals surface area contributed by atoms with Crippen LogP contribution in [-0.4, -0.2) is 39.8 Å². The number of aromatic amines is 1. The van der Waals surface area contributed by atoms with Crippen LogP contribution in [0.2, 0.25) is 0 Å². The van der Waals surface area contributed by atoms with Crippen molar-refractivity contribution in [3.05, 3.63) is 24.0 Å². The molecule has 2 aromatic rings. The Balaban J connectivity index is 1.29. The van der Waals surface area contributed by atoms with E-state index in [0.29, 0.717) is 5.92 Å². The highest BCUT2D eigenvalue weighted by atomic mass is 15.3. The van der Waals surface area contributed by atoms with E-state index in [1.54, 1.807) is 0 Å². The Morgan fingerprint density at radius 3 is 2.92 bits per heavy atom. The number of rotatable bonds is 5. The van der Waals surface area contributed by atoms with E-state index in [1.807, 2.05) is 12.3 Å². The minimum absolute atomic E-state index is 0.286. The summed E-state index contributed by atoms with van der Waals surface area (Å²) in [5.74, 6) is 3.79. The number of piperidine rings is 2. The number of nitrogens with one attached hydrogen (secondary N) is 2. The molecule has 0 spiro atoms. The van der Waals surface area contributed by atoms with Gasteiger partial charge >= 0.3 is 0 Å². The molecule has 138 valence electrons. The van der Waals surface area contributed by atoms with Gasteiger partial charge in [-0.25, -0.2) is 4.98 Å². The molecule has 4 heterocycles. The quantitative estimate of drug-likeness (QED) is 0.765. The van der Waals surface area contributed by atoms with Gasteiger partial charge in [-0.1, -0.05) is 12.8 Å². The van der Waals surface area contributed by atoms with Crippen molar-refractivity contribution in [1.82, 2.24) is 20.2 Å². The third-order valence-electron chi connectivity index (χ3n) is 6.46. The van der Waals surface area contributed by atoms with E-state index >= 15 is 0 Å². The number of aromatic nitrogens is 4. The van der Waals surface area contributed by atoms with Gasteiger partial charge in [-0.05, 0) is 44.2 Å². The van der Waals surface area contributed by atoms with Gasteiger partial charge < -0.3 is 16.0 Å². The minimum atomic E-state index is 0.286. The first kappa shape index (κ1) is 16.1. The van der Waals surface area contributed by atoms with Crippen molar-refractivity contribution in [2.45, 2.75) is 44.4 Å². The summed E-state index contributed by atoms with van der Waals surface area (Å²) >= 11 is 0. The Bertz CT molecular complexity index is 774. The average Bonchev–Trinajstić information content (AvgIpc) is 3.33. The summed E-state index contributed by atoms with van der Waals surface area (Å²) in [6.45, 7) is 2.77. The molecule has 0 atom stereocenters. The second-order valence-electron chi connectivity index (χ2n) is 8.42. The van der Waals surface area contributed by atoms with E-state index in [2.05, 4.69) is 31.5 Å². The predicted octanol–water partition coefficient (Wildman–Crippen LogP) is 2.78. The van der Waals surface area contributed by atoms with Gasteiger partial charge in [-0.3, -0.25) is 5.10 Å². The molecule has 0 aromatic carbocycles. The van der Waals surface area contributed by atoms with Gasteiger partial charge in [-0.15, -0.1) is 0 Å². The monoisotopic (exact) mass is 353 g/mol. The molecule has 6 rings (SSSR count). The van der Waals surface area contributed by atoms with Crippen molar-refractivity contribution in [2.24, 2.45) is 17.1 Å². The smallest absolute Gasteiger partial charge is 0.227 e. The SMILES string of the molecule is NCC12CC(CN(c3nccc(Nc4cc(C5CCCC5)[nH]n4)n3)C1)C2. The van der Waals surface area contributed by atoms with E-state index < -0.39 is 0 Å². The number of H-pyrrole nitrogens is 1. The largest absolute Gasteiger partial charge is 0.340 e. The van der Waals surface area contributed by atoms with Crippen LogP contribution in [0.3, 0.4) is 0 Å². The molecular weight excluding hydrogens is 326 g/mol. The van der Waals surface area contributed by atoms with Crippen LogP contribution < -0.4 is 16.0 Å². The zero-order chi connectivity index (χ0) is 17.6. The predicted molar refractivity (Wildman–Crippen MR) is 102 cm³/mol. The summed E-state index contributed by atoms with van der Waals surface area (Å²) in [5.41, 5.74) is 7.53. The van der Waals surface area contributed by atoms with Crippen LogP contribution in [0, 0.1) is 11.3 Å². The van der Waals surface area contributed by atoms with Gasteiger partial charge in [0.25, 0.3) is 0 Å². The summed E-state index contributed by atoms with van der Waals surface area (Å²) in [6.07, 6.45) is 9.51. The summed E-state index contributed by atoms with van der Waals surface area (Å²) in [4.78, 5) is 11.5. The Morgan fingerprint density at radius 2 is 2.12 bits per heavy atom. The molecule has 2 saturated carbocycles. The van der Waals surface area contributed by atoms with E-state index in [1.165, 1.54) is 44.2 Å². The van der Waals surface area contributed by atoms with Crippen LogP contribution in [0.4, 0.5) is 17.6 Å². The van der Waals surface area contributed by atoms with Gasteiger partial charge in [0.05, 0.1) is 0 Å². The zero-order valence-corrected chi connectivity index (χ0v) is 15.1. The van der Waals surface area contributed by atoms with Crippen molar-refractivity contribution >= 4 is 17.6 Å². The maximum Gasteiger partial charge on any atom is 0.227 e. The fraction of sp³-hybridized carbons (Fsp3) is 0.632. The van der Waals surface area contributed by atoms with Gasteiger partial charge in [0, 0.05) is 42.4 Å². The fourth-order valence-electron chi connectivity index (χ4n) is 5.14. The van der Waals surface area contributed by atoms with Gasteiger partial charge in [0.15, 0.2) is 5.82 Å². The summed E-state index contributed by atoms with van der Waals surface area (Å²) in [5, 5.41) is 10.9. The zero-order valence-electron chi connectivity index (χ0n) is 15.1. The molecule has 26 heavy (non-hydrogen) atoms. The van der Waals surface area contributed by atoms with Crippen LogP contribution >= 0.6 is 0 Å². The topological polar surface area (TPSA) is 95.8 Å². The molecule has 2 aliphatic carbocycles. The molecule has 4 aliphatic rings. The highest BCUT2D eigenvalue weighted by molar-refractivity contribution is 5.53. The maximum atomic E-state index is 6.01. The molecule has 2 aliphatic heterocycles. The van der Waals surface area contributed by atoms with Gasteiger partial charge in [0.1, 0.15) is 5.82 Å². The van der Waals surface area contributed by atoms with Gasteiger partial charge in [0.2, 0.25) is 5.95 Å². The number of hydrogen-bond donors (Lipinski definition) is 3. The molecule has 4 N–H and O–H groups in total. The molecule has 0 unspecified atom stereocenters.